The van der Waals surface area contributed by atoms with Gasteiger partial charge in [0.05, 0.1) is 6.00 Å². The number of halogens is 1. The van der Waals surface area contributed by atoms with E-state index >= 15 is 0 Å². The molecule has 0 radical (unpaired) electrons. The first kappa shape index (κ1) is 9.25. The van der Waals surface area contributed by atoms with Crippen LogP contribution in [0, 0.1) is 0 Å². The second-order valence-electron chi connectivity index (χ2n) is 2.41. The summed E-state index contributed by atoms with van der Waals surface area (Å²) in [6, 6.07) is 0.656. The Morgan fingerprint density at radius 3 is 2.44 bits per heavy atom. The van der Waals surface area contributed by atoms with Crippen molar-refractivity contribution < 1.29 is 0 Å². The molecule has 2 heteroatoms. The average Bonchev–Trinajstić information content (AvgIpc) is 1.89. The van der Waals surface area contributed by atoms with E-state index in [1.807, 2.05) is 7.05 Å². The van der Waals surface area contributed by atoms with Crippen molar-refractivity contribution in [2.24, 2.45) is 0 Å². The number of unbranched alkanes of at least 4 members (excludes halogenated alkanes) is 2. The summed E-state index contributed by atoms with van der Waals surface area (Å²) in [5.41, 5.74) is 0. The molecule has 0 saturated heterocycles. The van der Waals surface area contributed by atoms with Gasteiger partial charge >= 0.3 is 0 Å². The van der Waals surface area contributed by atoms with Crippen LogP contribution >= 0.6 is 11.6 Å². The zero-order chi connectivity index (χ0) is 7.11. The second kappa shape index (κ2) is 6.37. The molecule has 0 fully saturated rings. The summed E-state index contributed by atoms with van der Waals surface area (Å²) in [6.07, 6.45) is 3.89. The zero-order valence-corrected chi connectivity index (χ0v) is 7.12. The molecule has 0 aliphatic heterocycles. The predicted octanol–water partition coefficient (Wildman–Crippen LogP) is 2.30. The SMILES string of the molecule is CCCCCN(C)CCl. The summed E-state index contributed by atoms with van der Waals surface area (Å²) >= 11 is 5.56. The smallest absolute Gasteiger partial charge is 0.0735 e. The molecule has 0 bridgehead atoms. The highest BCUT2D eigenvalue weighted by Crippen LogP contribution is 1.96. The van der Waals surface area contributed by atoms with Gasteiger partial charge < -0.3 is 0 Å². The topological polar surface area (TPSA) is 3.24 Å². The molecule has 0 saturated carbocycles. The molecule has 0 aromatic carbocycles. The molecular weight excluding hydrogens is 134 g/mol. The highest BCUT2D eigenvalue weighted by Gasteiger charge is 1.92. The van der Waals surface area contributed by atoms with E-state index in [2.05, 4.69) is 11.8 Å². The molecule has 0 aliphatic rings. The summed E-state index contributed by atoms with van der Waals surface area (Å²) in [4.78, 5) is 2.12. The number of alkyl halides is 1. The average molecular weight is 150 g/mol. The molecule has 0 aromatic rings. The molecule has 0 aromatic heterocycles. The van der Waals surface area contributed by atoms with Crippen LogP contribution < -0.4 is 0 Å². The van der Waals surface area contributed by atoms with Crippen LogP contribution in [0.3, 0.4) is 0 Å². The van der Waals surface area contributed by atoms with E-state index in [1.165, 1.54) is 19.3 Å². The maximum Gasteiger partial charge on any atom is 0.0735 e. The number of rotatable bonds is 5. The maximum absolute atomic E-state index is 5.56. The van der Waals surface area contributed by atoms with E-state index in [0.717, 1.165) is 6.54 Å². The van der Waals surface area contributed by atoms with Gasteiger partial charge in [-0.3, -0.25) is 4.90 Å². The summed E-state index contributed by atoms with van der Waals surface area (Å²) in [5.74, 6) is 0. The third-order valence-corrected chi connectivity index (χ3v) is 1.76. The van der Waals surface area contributed by atoms with Gasteiger partial charge in [0.1, 0.15) is 0 Å². The van der Waals surface area contributed by atoms with Crippen LogP contribution in [0.1, 0.15) is 26.2 Å². The first-order valence-electron chi connectivity index (χ1n) is 3.55. The molecule has 1 nitrogen and oxygen atoms in total. The van der Waals surface area contributed by atoms with Gasteiger partial charge in [0.15, 0.2) is 0 Å². The minimum atomic E-state index is 0.656. The van der Waals surface area contributed by atoms with E-state index in [-0.39, 0.29) is 0 Å². The fraction of sp³-hybridized carbons (Fsp3) is 1.00. The Labute approximate surface area is 63.0 Å². The molecule has 9 heavy (non-hydrogen) atoms. The first-order chi connectivity index (χ1) is 4.31. The molecule has 0 atom stereocenters. The predicted molar refractivity (Wildman–Crippen MR) is 42.9 cm³/mol. The Kier molecular flexibility index (Phi) is 6.55. The van der Waals surface area contributed by atoms with Crippen molar-refractivity contribution in [3.05, 3.63) is 0 Å². The van der Waals surface area contributed by atoms with Crippen LogP contribution in [0.2, 0.25) is 0 Å². The van der Waals surface area contributed by atoms with Crippen molar-refractivity contribution in [1.29, 1.82) is 0 Å². The van der Waals surface area contributed by atoms with Gasteiger partial charge in [-0.05, 0) is 20.0 Å². The lowest BCUT2D eigenvalue weighted by Gasteiger charge is -2.10. The van der Waals surface area contributed by atoms with Crippen molar-refractivity contribution in [2.75, 3.05) is 19.6 Å². The van der Waals surface area contributed by atoms with Crippen LogP contribution in [0.25, 0.3) is 0 Å². The fourth-order valence-corrected chi connectivity index (χ4v) is 0.811. The lowest BCUT2D eigenvalue weighted by Crippen LogP contribution is -2.17. The monoisotopic (exact) mass is 149 g/mol. The Balaban J connectivity index is 2.88. The minimum absolute atomic E-state index is 0.656. The minimum Gasteiger partial charge on any atom is -0.293 e. The zero-order valence-electron chi connectivity index (χ0n) is 6.36. The van der Waals surface area contributed by atoms with E-state index in [1.54, 1.807) is 0 Å². The lowest BCUT2D eigenvalue weighted by molar-refractivity contribution is 0.376. The van der Waals surface area contributed by atoms with Crippen molar-refractivity contribution >= 4 is 11.6 Å². The van der Waals surface area contributed by atoms with E-state index in [9.17, 15) is 0 Å². The fourth-order valence-electron chi connectivity index (χ4n) is 0.691. The van der Waals surface area contributed by atoms with Crippen LogP contribution in [0.4, 0.5) is 0 Å². The van der Waals surface area contributed by atoms with Crippen molar-refractivity contribution in [3.63, 3.8) is 0 Å². The van der Waals surface area contributed by atoms with Gasteiger partial charge in [0.2, 0.25) is 0 Å². The van der Waals surface area contributed by atoms with E-state index in [0.29, 0.717) is 6.00 Å². The van der Waals surface area contributed by atoms with Gasteiger partial charge in [-0.25, -0.2) is 0 Å². The number of hydrogen-bond acceptors (Lipinski definition) is 1. The number of hydrogen-bond donors (Lipinski definition) is 0. The standard InChI is InChI=1S/C7H16ClN/c1-3-4-5-6-9(2)7-8/h3-7H2,1-2H3. The molecule has 0 unspecified atom stereocenters. The Morgan fingerprint density at radius 1 is 1.33 bits per heavy atom. The van der Waals surface area contributed by atoms with Crippen LogP contribution in [-0.2, 0) is 0 Å². The normalized spacial score (nSPS) is 10.7. The summed E-state index contributed by atoms with van der Waals surface area (Å²) in [5, 5.41) is 0. The Morgan fingerprint density at radius 2 is 2.00 bits per heavy atom. The summed E-state index contributed by atoms with van der Waals surface area (Å²) in [7, 11) is 2.04. The Hall–Kier alpha value is 0.250. The molecule has 0 aliphatic carbocycles. The van der Waals surface area contributed by atoms with Crippen LogP contribution in [-0.4, -0.2) is 24.5 Å². The van der Waals surface area contributed by atoms with Gasteiger partial charge in [0, 0.05) is 0 Å². The first-order valence-corrected chi connectivity index (χ1v) is 4.09. The molecule has 56 valence electrons. The van der Waals surface area contributed by atoms with Crippen molar-refractivity contribution in [1.82, 2.24) is 4.90 Å². The second-order valence-corrected chi connectivity index (χ2v) is 2.65. The Bertz CT molecular complexity index is 56.9. The van der Waals surface area contributed by atoms with Gasteiger partial charge in [-0.2, -0.15) is 0 Å². The maximum atomic E-state index is 5.56. The van der Waals surface area contributed by atoms with Gasteiger partial charge in [-0.15, -0.1) is 11.6 Å². The van der Waals surface area contributed by atoms with Gasteiger partial charge in [-0.1, -0.05) is 19.8 Å². The number of nitrogens with zero attached hydrogens (tertiary/aromatic N) is 1. The lowest BCUT2D eigenvalue weighted by atomic mass is 10.2. The van der Waals surface area contributed by atoms with Gasteiger partial charge in [0.25, 0.3) is 0 Å². The summed E-state index contributed by atoms with van der Waals surface area (Å²) < 4.78 is 0. The van der Waals surface area contributed by atoms with Crippen LogP contribution in [0.5, 0.6) is 0 Å². The van der Waals surface area contributed by atoms with Crippen molar-refractivity contribution in [2.45, 2.75) is 26.2 Å². The molecule has 0 spiro atoms. The quantitative estimate of drug-likeness (QED) is 0.330. The molecule has 0 amide bonds. The highest BCUT2D eigenvalue weighted by atomic mass is 35.5. The van der Waals surface area contributed by atoms with E-state index in [4.69, 9.17) is 11.6 Å². The molecular formula is C7H16ClN. The molecule has 0 heterocycles. The van der Waals surface area contributed by atoms with Crippen LogP contribution in [0.15, 0.2) is 0 Å². The summed E-state index contributed by atoms with van der Waals surface area (Å²) in [6.45, 7) is 3.35. The molecule has 0 rings (SSSR count). The largest absolute Gasteiger partial charge is 0.293 e. The third-order valence-electron chi connectivity index (χ3n) is 1.35. The third kappa shape index (κ3) is 6.13. The van der Waals surface area contributed by atoms with Crippen molar-refractivity contribution in [3.8, 4) is 0 Å². The molecule has 0 N–H and O–H groups in total. The highest BCUT2D eigenvalue weighted by molar-refractivity contribution is 6.17. The van der Waals surface area contributed by atoms with E-state index < -0.39 is 0 Å².